The molecule has 0 saturated heterocycles. The summed E-state index contributed by atoms with van der Waals surface area (Å²) < 4.78 is 0. The van der Waals surface area contributed by atoms with Crippen molar-refractivity contribution in [2.75, 3.05) is 37.1 Å². The summed E-state index contributed by atoms with van der Waals surface area (Å²) >= 11 is 0. The lowest BCUT2D eigenvalue weighted by atomic mass is 9.97. The van der Waals surface area contributed by atoms with Gasteiger partial charge in [-0.1, -0.05) is 12.1 Å². The van der Waals surface area contributed by atoms with Crippen LogP contribution >= 0.6 is 0 Å². The number of benzene rings is 2. The highest BCUT2D eigenvalue weighted by Crippen LogP contribution is 2.33. The minimum atomic E-state index is -0.799. The Kier molecular flexibility index (Phi) is 4.90. The number of hydrogen-bond donors (Lipinski definition) is 4. The van der Waals surface area contributed by atoms with Crippen LogP contribution in [0.3, 0.4) is 0 Å². The zero-order valence-electron chi connectivity index (χ0n) is 13.0. The zero-order valence-corrected chi connectivity index (χ0v) is 13.0. The number of aliphatic hydroxyl groups excluding tert-OH is 2. The van der Waals surface area contributed by atoms with Gasteiger partial charge < -0.3 is 26.6 Å². The predicted octanol–water partition coefficient (Wildman–Crippen LogP) is 1.48. The number of rotatable bonds is 5. The van der Waals surface area contributed by atoms with Crippen molar-refractivity contribution in [3.63, 3.8) is 0 Å². The van der Waals surface area contributed by atoms with Crippen molar-refractivity contribution >= 4 is 17.1 Å². The van der Waals surface area contributed by atoms with E-state index in [4.69, 9.17) is 16.6 Å². The van der Waals surface area contributed by atoms with E-state index >= 15 is 0 Å². The maximum absolute atomic E-state index is 9.60. The number of aliphatic hydroxyl groups is 2. The third-order valence-corrected chi connectivity index (χ3v) is 3.65. The van der Waals surface area contributed by atoms with Crippen molar-refractivity contribution in [1.82, 2.24) is 0 Å². The molecule has 2 rings (SSSR count). The monoisotopic (exact) mass is 301 g/mol. The van der Waals surface area contributed by atoms with Gasteiger partial charge in [-0.2, -0.15) is 0 Å². The summed E-state index contributed by atoms with van der Waals surface area (Å²) in [6.45, 7) is -0.281. The van der Waals surface area contributed by atoms with Crippen LogP contribution in [0.15, 0.2) is 36.4 Å². The fourth-order valence-electron chi connectivity index (χ4n) is 2.37. The van der Waals surface area contributed by atoms with Crippen molar-refractivity contribution in [2.24, 2.45) is 0 Å². The minimum absolute atomic E-state index is 0.281. The molecule has 0 aromatic heterocycles. The molecule has 2 aromatic carbocycles. The van der Waals surface area contributed by atoms with Gasteiger partial charge in [-0.05, 0) is 35.4 Å². The maximum atomic E-state index is 9.60. The van der Waals surface area contributed by atoms with Crippen molar-refractivity contribution in [2.45, 2.75) is 12.5 Å². The maximum Gasteiger partial charge on any atom is 0.0811 e. The van der Waals surface area contributed by atoms with Gasteiger partial charge in [0.15, 0.2) is 0 Å². The van der Waals surface area contributed by atoms with Crippen LogP contribution in [-0.2, 0) is 6.42 Å². The molecule has 6 N–H and O–H groups in total. The Hall–Kier alpha value is -2.24. The summed E-state index contributed by atoms with van der Waals surface area (Å²) in [5.41, 5.74) is 16.8. The van der Waals surface area contributed by atoms with Crippen LogP contribution in [0, 0.1) is 0 Å². The highest BCUT2D eigenvalue weighted by Gasteiger charge is 2.11. The zero-order chi connectivity index (χ0) is 16.3. The van der Waals surface area contributed by atoms with Gasteiger partial charge >= 0.3 is 0 Å². The fourth-order valence-corrected chi connectivity index (χ4v) is 2.37. The molecule has 118 valence electrons. The van der Waals surface area contributed by atoms with E-state index in [-0.39, 0.29) is 6.61 Å². The third-order valence-electron chi connectivity index (χ3n) is 3.65. The summed E-state index contributed by atoms with van der Waals surface area (Å²) in [6, 6.07) is 11.7. The molecule has 0 radical (unpaired) electrons. The third kappa shape index (κ3) is 3.50. The average molecular weight is 301 g/mol. The first-order chi connectivity index (χ1) is 10.4. The second kappa shape index (κ2) is 6.68. The Morgan fingerprint density at radius 3 is 2.27 bits per heavy atom. The Balaban J connectivity index is 2.40. The summed E-state index contributed by atoms with van der Waals surface area (Å²) in [6.07, 6.45) is -0.462. The molecular formula is C17H23N3O2. The fraction of sp³-hybridized carbons (Fsp3) is 0.294. The predicted molar refractivity (Wildman–Crippen MR) is 91.8 cm³/mol. The van der Waals surface area contributed by atoms with Crippen molar-refractivity contribution in [3.05, 3.63) is 42.0 Å². The molecular weight excluding hydrogens is 278 g/mol. The van der Waals surface area contributed by atoms with Crippen LogP contribution in [0.2, 0.25) is 0 Å². The van der Waals surface area contributed by atoms with Crippen LogP contribution in [0.1, 0.15) is 5.56 Å². The lowest BCUT2D eigenvalue weighted by Gasteiger charge is -2.16. The van der Waals surface area contributed by atoms with E-state index in [0.717, 1.165) is 22.4 Å². The Bertz CT molecular complexity index is 639. The van der Waals surface area contributed by atoms with Gasteiger partial charge in [0.05, 0.1) is 24.1 Å². The molecule has 22 heavy (non-hydrogen) atoms. The highest BCUT2D eigenvalue weighted by molar-refractivity contribution is 5.85. The Labute approximate surface area is 130 Å². The molecule has 5 nitrogen and oxygen atoms in total. The summed E-state index contributed by atoms with van der Waals surface area (Å²) in [4.78, 5) is 2.02. The van der Waals surface area contributed by atoms with Crippen LogP contribution in [0.4, 0.5) is 17.1 Å². The first-order valence-corrected chi connectivity index (χ1v) is 7.17. The molecule has 0 aliphatic carbocycles. The standard InChI is InChI=1S/C17H23N3O2/c1-20(2)13-5-3-12(4-6-13)15-8-11(7-14(22)10-21)9-16(18)17(15)19/h3-6,8-9,14,21-22H,7,10,18-19H2,1-2H3. The molecule has 0 saturated carbocycles. The van der Waals surface area contributed by atoms with E-state index < -0.39 is 6.10 Å². The van der Waals surface area contributed by atoms with Crippen LogP contribution in [0.5, 0.6) is 0 Å². The summed E-state index contributed by atoms with van der Waals surface area (Å²) in [7, 11) is 3.97. The number of nitrogens with zero attached hydrogens (tertiary/aromatic N) is 1. The van der Waals surface area contributed by atoms with Gasteiger partial charge in [0.1, 0.15) is 0 Å². The number of anilines is 3. The normalized spacial score (nSPS) is 12.2. The second-order valence-electron chi connectivity index (χ2n) is 5.63. The number of nitrogen functional groups attached to an aromatic ring is 2. The largest absolute Gasteiger partial charge is 0.397 e. The smallest absolute Gasteiger partial charge is 0.0811 e. The Morgan fingerprint density at radius 2 is 1.73 bits per heavy atom. The van der Waals surface area contributed by atoms with Crippen LogP contribution in [-0.4, -0.2) is 37.0 Å². The van der Waals surface area contributed by atoms with Crippen molar-refractivity contribution < 1.29 is 10.2 Å². The van der Waals surface area contributed by atoms with Gasteiger partial charge in [-0.15, -0.1) is 0 Å². The highest BCUT2D eigenvalue weighted by atomic mass is 16.3. The molecule has 0 fully saturated rings. The van der Waals surface area contributed by atoms with Gasteiger partial charge in [0, 0.05) is 31.8 Å². The van der Waals surface area contributed by atoms with Gasteiger partial charge in [-0.25, -0.2) is 0 Å². The summed E-state index contributed by atoms with van der Waals surface area (Å²) in [5.74, 6) is 0. The molecule has 5 heteroatoms. The van der Waals surface area contributed by atoms with Crippen LogP contribution in [0.25, 0.3) is 11.1 Å². The van der Waals surface area contributed by atoms with E-state index in [1.54, 1.807) is 6.07 Å². The topological polar surface area (TPSA) is 95.7 Å². The molecule has 0 aliphatic heterocycles. The molecule has 2 aromatic rings. The second-order valence-corrected chi connectivity index (χ2v) is 5.63. The van der Waals surface area contributed by atoms with Crippen molar-refractivity contribution in [3.8, 4) is 11.1 Å². The Morgan fingerprint density at radius 1 is 1.09 bits per heavy atom. The average Bonchev–Trinajstić information content (AvgIpc) is 2.50. The van der Waals surface area contributed by atoms with E-state index in [1.807, 2.05) is 49.3 Å². The number of hydrogen-bond acceptors (Lipinski definition) is 5. The molecule has 1 atom stereocenters. The first kappa shape index (κ1) is 16.1. The van der Waals surface area contributed by atoms with E-state index in [9.17, 15) is 5.11 Å². The van der Waals surface area contributed by atoms with Crippen LogP contribution < -0.4 is 16.4 Å². The van der Waals surface area contributed by atoms with Crippen molar-refractivity contribution in [1.29, 1.82) is 0 Å². The molecule has 1 unspecified atom stereocenters. The van der Waals surface area contributed by atoms with Gasteiger partial charge in [0.2, 0.25) is 0 Å². The first-order valence-electron chi connectivity index (χ1n) is 7.17. The molecule has 0 bridgehead atoms. The molecule has 0 amide bonds. The molecule has 0 heterocycles. The van der Waals surface area contributed by atoms with Gasteiger partial charge in [0.25, 0.3) is 0 Å². The quantitative estimate of drug-likeness (QED) is 0.627. The number of nitrogens with two attached hydrogens (primary N) is 2. The van der Waals surface area contributed by atoms with Gasteiger partial charge in [-0.3, -0.25) is 0 Å². The lowest BCUT2D eigenvalue weighted by molar-refractivity contribution is 0.0955. The minimum Gasteiger partial charge on any atom is -0.397 e. The molecule has 0 aliphatic rings. The summed E-state index contributed by atoms with van der Waals surface area (Å²) in [5, 5.41) is 18.6. The van der Waals surface area contributed by atoms with E-state index in [1.165, 1.54) is 0 Å². The lowest BCUT2D eigenvalue weighted by Crippen LogP contribution is -2.15. The van der Waals surface area contributed by atoms with E-state index in [2.05, 4.69) is 0 Å². The molecule has 0 spiro atoms. The SMILES string of the molecule is CN(C)c1ccc(-c2cc(CC(O)CO)cc(N)c2N)cc1. The van der Waals surface area contributed by atoms with E-state index in [0.29, 0.717) is 17.8 Å².